The molecule has 1 heterocycles. The second-order valence-corrected chi connectivity index (χ2v) is 18.3. The smallest absolute Gasteiger partial charge is 0.407 e. The lowest BCUT2D eigenvalue weighted by Gasteiger charge is -2.41. The van der Waals surface area contributed by atoms with Crippen LogP contribution in [-0.4, -0.2) is 143 Å². The predicted octanol–water partition coefficient (Wildman–Crippen LogP) is 5.26. The zero-order chi connectivity index (χ0) is 49.3. The lowest BCUT2D eigenvalue weighted by molar-refractivity contribution is -0.135. The van der Waals surface area contributed by atoms with Crippen molar-refractivity contribution in [1.29, 1.82) is 0 Å². The fourth-order valence-electron chi connectivity index (χ4n) is 6.81. The van der Waals surface area contributed by atoms with Gasteiger partial charge in [-0.2, -0.15) is 0 Å². The predicted molar refractivity (Wildman–Crippen MR) is 256 cm³/mol. The number of carboxylic acid groups (broad SMARTS) is 1. The highest BCUT2D eigenvalue weighted by molar-refractivity contribution is 7.88. The Balaban J connectivity index is 0. The molecule has 0 saturated heterocycles. The Labute approximate surface area is 385 Å². The summed E-state index contributed by atoms with van der Waals surface area (Å²) in [5, 5.41) is 20.2. The normalized spacial score (nSPS) is 15.0. The summed E-state index contributed by atoms with van der Waals surface area (Å²) >= 11 is 0. The van der Waals surface area contributed by atoms with Crippen molar-refractivity contribution in [3.05, 3.63) is 48.0 Å². The summed E-state index contributed by atoms with van der Waals surface area (Å²) in [6, 6.07) is 6.05. The number of Topliss-reactive ketones (excluding diaryl/α,β-unsaturated/α-hetero) is 1. The maximum atomic E-state index is 13.4. The molecule has 1 fully saturated rings. The molecule has 1 saturated carbocycles. The van der Waals surface area contributed by atoms with Crippen molar-refractivity contribution in [2.24, 2.45) is 11.3 Å². The molecule has 0 radical (unpaired) electrons. The Morgan fingerprint density at radius 1 is 1.02 bits per heavy atom. The Bertz CT molecular complexity index is 1690. The van der Waals surface area contributed by atoms with Crippen molar-refractivity contribution in [2.75, 3.05) is 60.6 Å². The summed E-state index contributed by atoms with van der Waals surface area (Å²) < 4.78 is 24.9. The van der Waals surface area contributed by atoms with E-state index in [9.17, 15) is 37.2 Å². The van der Waals surface area contributed by atoms with Crippen LogP contribution in [0.1, 0.15) is 110 Å². The number of urea groups is 1. The van der Waals surface area contributed by atoms with Gasteiger partial charge in [-0.05, 0) is 75.1 Å². The van der Waals surface area contributed by atoms with Crippen molar-refractivity contribution in [2.45, 2.75) is 130 Å². The molecule has 5 N–H and O–H groups in total. The van der Waals surface area contributed by atoms with Gasteiger partial charge in [-0.3, -0.25) is 14.4 Å². The lowest BCUT2D eigenvalue weighted by Crippen LogP contribution is -2.60. The zero-order valence-corrected chi connectivity index (χ0v) is 41.2. The molecule has 3 atom stereocenters. The van der Waals surface area contributed by atoms with Crippen LogP contribution in [0.5, 0.6) is 0 Å². The van der Waals surface area contributed by atoms with E-state index < -0.39 is 46.1 Å². The number of terminal acetylenes is 1. The van der Waals surface area contributed by atoms with Crippen molar-refractivity contribution >= 4 is 46.4 Å². The van der Waals surface area contributed by atoms with Gasteiger partial charge in [0, 0.05) is 65.7 Å². The highest BCUT2D eigenvalue weighted by Crippen LogP contribution is 2.39. The maximum Gasteiger partial charge on any atom is 0.407 e. The van der Waals surface area contributed by atoms with Crippen molar-refractivity contribution < 1.29 is 42.3 Å². The van der Waals surface area contributed by atoms with Crippen molar-refractivity contribution in [1.82, 2.24) is 35.4 Å². The van der Waals surface area contributed by atoms with E-state index in [0.29, 0.717) is 45.2 Å². The lowest BCUT2D eigenvalue weighted by atomic mass is 9.70. The third-order valence-corrected chi connectivity index (χ3v) is 12.2. The van der Waals surface area contributed by atoms with Crippen LogP contribution in [0.4, 0.5) is 9.59 Å². The molecule has 17 heteroatoms. The maximum absolute atomic E-state index is 13.4. The number of carbonyl (C=O) groups is 6. The van der Waals surface area contributed by atoms with Crippen LogP contribution in [0.15, 0.2) is 36.9 Å². The summed E-state index contributed by atoms with van der Waals surface area (Å²) in [6.07, 6.45) is 17.0. The molecule has 0 spiro atoms. The highest BCUT2D eigenvalue weighted by Gasteiger charge is 2.42. The highest BCUT2D eigenvalue weighted by atomic mass is 32.2. The van der Waals surface area contributed by atoms with Gasteiger partial charge in [-0.1, -0.05) is 84.2 Å². The number of benzene rings is 1. The summed E-state index contributed by atoms with van der Waals surface area (Å²) in [7, 11) is 3.36. The van der Waals surface area contributed by atoms with Crippen LogP contribution < -0.4 is 21.3 Å². The standard InChI is InChI=1S/C23H44N4O5S.C10H11NO2.C8H11NO2.C4H9N.C2H6/c1-18(2)19(17-27(5)33(6,31)32)24-22(30)25-20(23(3)13-9-7-10-14-23)21(29)26(4)15-11-8-12-16-28;12-10(13)11-6-5-8-3-1-2-4-9(8)7-11;1-3-4-5-7(9-2)8(11)6-10;1-3-4-5-2;1-2/h16,18-20H,7-15,17H2,1-6H3,(H2,24,25,30);1-4H,5-7H2,(H,12,13);1,6-7,9H,4-5H2,2H3;3,5H,1,4H2,2H3;1-2H3. The number of sulfonamides is 1. The van der Waals surface area contributed by atoms with Gasteiger partial charge in [0.1, 0.15) is 12.3 Å². The third kappa shape index (κ3) is 25.0. The molecule has 1 aromatic rings. The van der Waals surface area contributed by atoms with Gasteiger partial charge in [-0.15, -0.1) is 18.9 Å². The molecule has 64 heavy (non-hydrogen) atoms. The second kappa shape index (κ2) is 34.7. The number of nitrogens with one attached hydrogen (secondary N) is 4. The molecule has 4 amide bonds. The van der Waals surface area contributed by atoms with Crippen LogP contribution >= 0.6 is 0 Å². The van der Waals surface area contributed by atoms with Gasteiger partial charge in [0.2, 0.25) is 21.7 Å². The van der Waals surface area contributed by atoms with Crippen molar-refractivity contribution in [3.8, 4) is 12.3 Å². The molecular formula is C47H81N7O9S. The van der Waals surface area contributed by atoms with Gasteiger partial charge >= 0.3 is 12.1 Å². The van der Waals surface area contributed by atoms with Gasteiger partial charge in [0.25, 0.3) is 0 Å². The van der Waals surface area contributed by atoms with Gasteiger partial charge < -0.3 is 41.0 Å². The average molecular weight is 920 g/mol. The first-order valence-corrected chi connectivity index (χ1v) is 24.2. The van der Waals surface area contributed by atoms with Crippen LogP contribution in [0.3, 0.4) is 0 Å². The minimum atomic E-state index is -3.38. The monoisotopic (exact) mass is 920 g/mol. The minimum absolute atomic E-state index is 0.000128. The van der Waals surface area contributed by atoms with Crippen LogP contribution in [-0.2, 0) is 42.2 Å². The minimum Gasteiger partial charge on any atom is -0.465 e. The number of aldehydes is 2. The molecule has 364 valence electrons. The molecule has 16 nitrogen and oxygen atoms in total. The van der Waals surface area contributed by atoms with E-state index in [1.165, 1.54) is 21.8 Å². The molecule has 2 aliphatic rings. The number of ketones is 1. The SMILES string of the molecule is C#CCCC(NC)C(=O)C=O.C=CCNC.CC.CC(C)C(CN(C)S(C)(=O)=O)NC(=O)NC(C(=O)N(C)CCCCC=O)C1(C)CCCCC1.O=C(O)N1CCc2ccccc2C1. The molecule has 1 aliphatic carbocycles. The second-order valence-electron chi connectivity index (χ2n) is 16.3. The van der Waals surface area contributed by atoms with Gasteiger partial charge in [0.05, 0.1) is 12.3 Å². The molecule has 0 bridgehead atoms. The summed E-state index contributed by atoms with van der Waals surface area (Å²) in [5.41, 5.74) is 2.07. The number of fused-ring (bicyclic) bond motifs is 1. The Morgan fingerprint density at radius 2 is 1.62 bits per heavy atom. The first-order valence-electron chi connectivity index (χ1n) is 22.3. The van der Waals surface area contributed by atoms with E-state index in [4.69, 9.17) is 11.5 Å². The quantitative estimate of drug-likeness (QED) is 0.0374. The largest absolute Gasteiger partial charge is 0.465 e. The number of carbonyl (C=O) groups excluding carboxylic acids is 5. The number of nitrogens with zero attached hydrogens (tertiary/aromatic N) is 3. The Kier molecular flexibility index (Phi) is 33.4. The fourth-order valence-corrected chi connectivity index (χ4v) is 7.24. The van der Waals surface area contributed by atoms with Crippen molar-refractivity contribution in [3.63, 3.8) is 0 Å². The number of amides is 4. The molecule has 0 aromatic heterocycles. The topological polar surface area (TPSA) is 215 Å². The summed E-state index contributed by atoms with van der Waals surface area (Å²) in [5.74, 6) is 1.83. The molecule has 3 rings (SSSR count). The molecule has 1 aliphatic heterocycles. The van der Waals surface area contributed by atoms with Crippen LogP contribution in [0, 0.1) is 23.7 Å². The number of likely N-dealkylation sites (N-methyl/N-ethyl adjacent to an activating group) is 4. The number of hydrogen-bond acceptors (Lipinski definition) is 10. The number of hydrogen-bond donors (Lipinski definition) is 5. The Morgan fingerprint density at radius 3 is 2.09 bits per heavy atom. The van der Waals surface area contributed by atoms with E-state index in [-0.39, 0.29) is 23.8 Å². The van der Waals surface area contributed by atoms with Crippen LogP contribution in [0.2, 0.25) is 0 Å². The third-order valence-electron chi connectivity index (χ3n) is 10.9. The summed E-state index contributed by atoms with van der Waals surface area (Å²) in [4.78, 5) is 71.5. The summed E-state index contributed by atoms with van der Waals surface area (Å²) in [6.45, 7) is 16.1. The first kappa shape index (κ1) is 61.5. The molecular weight excluding hydrogens is 839 g/mol. The van der Waals surface area contributed by atoms with E-state index in [1.807, 2.05) is 59.0 Å². The van der Waals surface area contributed by atoms with E-state index in [1.54, 1.807) is 19.0 Å². The number of rotatable bonds is 20. The fraction of sp³-hybridized carbons (Fsp3) is 0.660. The number of unbranched alkanes of at least 4 members (excludes halogenated alkanes) is 2. The van der Waals surface area contributed by atoms with Gasteiger partial charge in [0.15, 0.2) is 6.29 Å². The molecule has 3 unspecified atom stereocenters. The van der Waals surface area contributed by atoms with E-state index in [2.05, 4.69) is 46.8 Å². The zero-order valence-electron chi connectivity index (χ0n) is 40.4. The van der Waals surface area contributed by atoms with Crippen LogP contribution in [0.25, 0.3) is 0 Å². The first-order chi connectivity index (χ1) is 30.3. The van der Waals surface area contributed by atoms with E-state index in [0.717, 1.165) is 76.0 Å². The van der Waals surface area contributed by atoms with E-state index >= 15 is 0 Å². The average Bonchev–Trinajstić information content (AvgIpc) is 3.27. The Hall–Kier alpha value is -4.63. The molecule has 1 aromatic carbocycles. The van der Waals surface area contributed by atoms with Gasteiger partial charge in [-0.25, -0.2) is 22.3 Å².